The maximum Gasteiger partial charge on any atom is 0.311 e. The summed E-state index contributed by atoms with van der Waals surface area (Å²) in [5, 5.41) is 9.65. The summed E-state index contributed by atoms with van der Waals surface area (Å²) in [5.74, 6) is -0.453. The van der Waals surface area contributed by atoms with E-state index in [0.717, 1.165) is 11.1 Å². The molecule has 0 radical (unpaired) electrons. The fraction of sp³-hybridized carbons (Fsp3) is 0.240. The maximum atomic E-state index is 11.8. The molecule has 0 saturated heterocycles. The number of carbonyl (C=O) groups excluding carboxylic acids is 1. The molecule has 0 spiro atoms. The van der Waals surface area contributed by atoms with E-state index in [4.69, 9.17) is 9.47 Å². The van der Waals surface area contributed by atoms with Gasteiger partial charge in [0, 0.05) is 18.8 Å². The maximum absolute atomic E-state index is 11.8. The van der Waals surface area contributed by atoms with Crippen molar-refractivity contribution in [1.29, 1.82) is 0 Å². The van der Waals surface area contributed by atoms with E-state index >= 15 is 0 Å². The van der Waals surface area contributed by atoms with Gasteiger partial charge in [-0.25, -0.2) is 0 Å². The molecule has 6 heteroatoms. The SMILES string of the molecule is CCOC(=O)CCc1ccc(Oc2ccc(C(Cc3cccnc3)C(=O)O)cc2)cc1. The third kappa shape index (κ3) is 6.67. The first-order valence-electron chi connectivity index (χ1n) is 10.2. The third-order valence-corrected chi connectivity index (χ3v) is 4.83. The van der Waals surface area contributed by atoms with Crippen LogP contribution in [0.15, 0.2) is 73.1 Å². The predicted molar refractivity (Wildman–Crippen MR) is 116 cm³/mol. The fourth-order valence-electron chi connectivity index (χ4n) is 3.21. The number of aromatic nitrogens is 1. The van der Waals surface area contributed by atoms with Gasteiger partial charge in [-0.1, -0.05) is 30.3 Å². The average molecular weight is 419 g/mol. The topological polar surface area (TPSA) is 85.7 Å². The van der Waals surface area contributed by atoms with Gasteiger partial charge >= 0.3 is 11.9 Å². The minimum atomic E-state index is -0.879. The number of nitrogens with zero attached hydrogens (tertiary/aromatic N) is 1. The first-order valence-corrected chi connectivity index (χ1v) is 10.2. The number of ether oxygens (including phenoxy) is 2. The minimum absolute atomic E-state index is 0.203. The molecule has 31 heavy (non-hydrogen) atoms. The number of hydrogen-bond donors (Lipinski definition) is 1. The lowest BCUT2D eigenvalue weighted by Crippen LogP contribution is -2.14. The summed E-state index contributed by atoms with van der Waals surface area (Å²) in [6, 6.07) is 18.3. The Hall–Kier alpha value is -3.67. The first-order chi connectivity index (χ1) is 15.0. The molecular formula is C25H25NO5. The molecular weight excluding hydrogens is 394 g/mol. The summed E-state index contributed by atoms with van der Waals surface area (Å²) in [6.07, 6.45) is 4.68. The summed E-state index contributed by atoms with van der Waals surface area (Å²) in [4.78, 5) is 27.3. The van der Waals surface area contributed by atoms with Gasteiger partial charge in [0.15, 0.2) is 0 Å². The molecule has 0 fully saturated rings. The van der Waals surface area contributed by atoms with E-state index in [1.807, 2.05) is 30.3 Å². The standard InChI is InChI=1S/C25H25NO5/c1-2-30-24(27)14-7-18-5-10-21(11-6-18)31-22-12-8-20(9-13-22)23(25(28)29)16-19-4-3-15-26-17-19/h3-6,8-13,15,17,23H,2,7,14,16H2,1H3,(H,28,29). The minimum Gasteiger partial charge on any atom is -0.481 e. The van der Waals surface area contributed by atoms with Crippen LogP contribution in [0.3, 0.4) is 0 Å². The van der Waals surface area contributed by atoms with Gasteiger partial charge in [-0.2, -0.15) is 0 Å². The van der Waals surface area contributed by atoms with Crippen molar-refractivity contribution in [3.63, 3.8) is 0 Å². The number of benzene rings is 2. The normalized spacial score (nSPS) is 11.5. The number of esters is 1. The monoisotopic (exact) mass is 419 g/mol. The number of rotatable bonds is 10. The van der Waals surface area contributed by atoms with E-state index in [9.17, 15) is 14.7 Å². The van der Waals surface area contributed by atoms with Crippen molar-refractivity contribution in [2.75, 3.05) is 6.61 Å². The Bertz CT molecular complexity index is 985. The van der Waals surface area contributed by atoms with Crippen molar-refractivity contribution in [3.05, 3.63) is 89.7 Å². The van der Waals surface area contributed by atoms with E-state index in [-0.39, 0.29) is 5.97 Å². The van der Waals surface area contributed by atoms with E-state index in [1.165, 1.54) is 0 Å². The molecule has 6 nitrogen and oxygen atoms in total. The quantitative estimate of drug-likeness (QED) is 0.476. The van der Waals surface area contributed by atoms with Crippen LogP contribution in [0.1, 0.15) is 36.0 Å². The molecule has 160 valence electrons. The van der Waals surface area contributed by atoms with Crippen molar-refractivity contribution in [2.24, 2.45) is 0 Å². The van der Waals surface area contributed by atoms with E-state index in [0.29, 0.717) is 42.9 Å². The van der Waals surface area contributed by atoms with E-state index in [1.54, 1.807) is 49.6 Å². The lowest BCUT2D eigenvalue weighted by Gasteiger charge is -2.14. The van der Waals surface area contributed by atoms with Gasteiger partial charge in [-0.05, 0) is 66.8 Å². The van der Waals surface area contributed by atoms with Gasteiger partial charge in [0.25, 0.3) is 0 Å². The van der Waals surface area contributed by atoms with Crippen molar-refractivity contribution in [3.8, 4) is 11.5 Å². The zero-order valence-corrected chi connectivity index (χ0v) is 17.4. The van der Waals surface area contributed by atoms with Crippen LogP contribution in [0.5, 0.6) is 11.5 Å². The smallest absolute Gasteiger partial charge is 0.311 e. The summed E-state index contributed by atoms with van der Waals surface area (Å²) in [7, 11) is 0. The van der Waals surface area contributed by atoms with E-state index < -0.39 is 11.9 Å². The highest BCUT2D eigenvalue weighted by Gasteiger charge is 2.20. The zero-order valence-electron chi connectivity index (χ0n) is 17.4. The Morgan fingerprint density at radius 1 is 0.968 bits per heavy atom. The van der Waals surface area contributed by atoms with Gasteiger partial charge in [0.1, 0.15) is 11.5 Å². The van der Waals surface area contributed by atoms with Crippen molar-refractivity contribution < 1.29 is 24.2 Å². The Balaban J connectivity index is 1.60. The summed E-state index contributed by atoms with van der Waals surface area (Å²) < 4.78 is 10.8. The van der Waals surface area contributed by atoms with Crippen LogP contribution in [0.4, 0.5) is 0 Å². The zero-order chi connectivity index (χ0) is 22.1. The van der Waals surface area contributed by atoms with Gasteiger partial charge < -0.3 is 14.6 Å². The number of pyridine rings is 1. The van der Waals surface area contributed by atoms with Crippen LogP contribution in [-0.4, -0.2) is 28.6 Å². The molecule has 1 heterocycles. The highest BCUT2D eigenvalue weighted by molar-refractivity contribution is 5.76. The number of aliphatic carboxylic acids is 1. The number of aryl methyl sites for hydroxylation is 1. The van der Waals surface area contributed by atoms with Crippen LogP contribution in [0.25, 0.3) is 0 Å². The molecule has 3 aromatic rings. The van der Waals surface area contributed by atoms with Crippen LogP contribution < -0.4 is 4.74 Å². The fourth-order valence-corrected chi connectivity index (χ4v) is 3.21. The molecule has 1 N–H and O–H groups in total. The molecule has 0 aliphatic heterocycles. The lowest BCUT2D eigenvalue weighted by molar-refractivity contribution is -0.143. The lowest BCUT2D eigenvalue weighted by atomic mass is 9.93. The van der Waals surface area contributed by atoms with Gasteiger partial charge in [-0.15, -0.1) is 0 Å². The Morgan fingerprint density at radius 2 is 1.65 bits per heavy atom. The molecule has 2 aromatic carbocycles. The first kappa shape index (κ1) is 22.0. The van der Waals surface area contributed by atoms with Crippen LogP contribution in [0.2, 0.25) is 0 Å². The van der Waals surface area contributed by atoms with Crippen LogP contribution >= 0.6 is 0 Å². The highest BCUT2D eigenvalue weighted by Crippen LogP contribution is 2.26. The highest BCUT2D eigenvalue weighted by atomic mass is 16.5. The molecule has 1 atom stereocenters. The van der Waals surface area contributed by atoms with Gasteiger partial charge in [0.2, 0.25) is 0 Å². The molecule has 0 aliphatic rings. The van der Waals surface area contributed by atoms with Crippen molar-refractivity contribution >= 4 is 11.9 Å². The number of carboxylic acids is 1. The second-order valence-corrected chi connectivity index (χ2v) is 7.08. The molecule has 0 bridgehead atoms. The van der Waals surface area contributed by atoms with Crippen LogP contribution in [-0.2, 0) is 27.2 Å². The predicted octanol–water partition coefficient (Wildman–Crippen LogP) is 4.78. The molecule has 3 rings (SSSR count). The van der Waals surface area contributed by atoms with Crippen LogP contribution in [0, 0.1) is 0 Å². The molecule has 0 saturated carbocycles. The number of carbonyl (C=O) groups is 2. The third-order valence-electron chi connectivity index (χ3n) is 4.83. The van der Waals surface area contributed by atoms with Crippen molar-refractivity contribution in [1.82, 2.24) is 4.98 Å². The second kappa shape index (κ2) is 10.9. The molecule has 1 unspecified atom stereocenters. The Kier molecular flexibility index (Phi) is 7.76. The summed E-state index contributed by atoms with van der Waals surface area (Å²) >= 11 is 0. The summed E-state index contributed by atoms with van der Waals surface area (Å²) in [6.45, 7) is 2.18. The van der Waals surface area contributed by atoms with E-state index in [2.05, 4.69) is 4.98 Å². The molecule has 0 aliphatic carbocycles. The molecule has 1 aromatic heterocycles. The Morgan fingerprint density at radius 3 is 2.23 bits per heavy atom. The largest absolute Gasteiger partial charge is 0.481 e. The number of carboxylic acid groups (broad SMARTS) is 1. The van der Waals surface area contributed by atoms with Gasteiger partial charge in [0.05, 0.1) is 12.5 Å². The average Bonchev–Trinajstić information content (AvgIpc) is 2.78. The molecule has 0 amide bonds. The Labute approximate surface area is 181 Å². The number of hydrogen-bond acceptors (Lipinski definition) is 5. The summed E-state index contributed by atoms with van der Waals surface area (Å²) in [5.41, 5.74) is 2.60. The second-order valence-electron chi connectivity index (χ2n) is 7.08. The van der Waals surface area contributed by atoms with Crippen molar-refractivity contribution in [2.45, 2.75) is 32.1 Å². The van der Waals surface area contributed by atoms with Gasteiger partial charge in [-0.3, -0.25) is 14.6 Å².